The van der Waals surface area contributed by atoms with Crippen molar-refractivity contribution in [3.8, 4) is 0 Å². The van der Waals surface area contributed by atoms with Crippen LogP contribution in [0.15, 0.2) is 24.3 Å². The van der Waals surface area contributed by atoms with Gasteiger partial charge in [0.25, 0.3) is 5.91 Å². The summed E-state index contributed by atoms with van der Waals surface area (Å²) in [5.74, 6) is -3.06. The molecule has 5 N–H and O–H groups in total. The third kappa shape index (κ3) is 4.30. The van der Waals surface area contributed by atoms with Gasteiger partial charge in [0.1, 0.15) is 6.04 Å². The molecule has 1 atom stereocenters. The third-order valence-electron chi connectivity index (χ3n) is 2.46. The summed E-state index contributed by atoms with van der Waals surface area (Å²) in [7, 11) is 0. The molecule has 102 valence electrons. The predicted molar refractivity (Wildman–Crippen MR) is 66.6 cm³/mol. The second kappa shape index (κ2) is 6.39. The molecule has 0 spiro atoms. The normalized spacial score (nSPS) is 11.6. The van der Waals surface area contributed by atoms with Gasteiger partial charge in [-0.15, -0.1) is 0 Å². The number of benzene rings is 1. The summed E-state index contributed by atoms with van der Waals surface area (Å²) in [5, 5.41) is 19.7. The van der Waals surface area contributed by atoms with Crippen LogP contribution in [0.3, 0.4) is 0 Å². The highest BCUT2D eigenvalue weighted by Gasteiger charge is 2.22. The number of para-hydroxylation sites is 1. The van der Waals surface area contributed by atoms with E-state index in [1.54, 1.807) is 12.1 Å². The summed E-state index contributed by atoms with van der Waals surface area (Å²) in [4.78, 5) is 33.2. The second-order valence-electron chi connectivity index (χ2n) is 3.88. The zero-order valence-corrected chi connectivity index (χ0v) is 10.00. The lowest BCUT2D eigenvalue weighted by molar-refractivity contribution is -0.140. The third-order valence-corrected chi connectivity index (χ3v) is 2.46. The van der Waals surface area contributed by atoms with Crippen LogP contribution in [0.4, 0.5) is 5.69 Å². The first-order valence-corrected chi connectivity index (χ1v) is 5.51. The number of nitrogens with one attached hydrogen (secondary N) is 1. The van der Waals surface area contributed by atoms with E-state index in [0.29, 0.717) is 0 Å². The summed E-state index contributed by atoms with van der Waals surface area (Å²) in [6, 6.07) is 4.95. The largest absolute Gasteiger partial charge is 0.481 e. The number of rotatable bonds is 6. The van der Waals surface area contributed by atoms with Gasteiger partial charge in [-0.25, -0.2) is 4.79 Å². The quantitative estimate of drug-likeness (QED) is 0.548. The number of aliphatic carboxylic acids is 2. The van der Waals surface area contributed by atoms with Crippen LogP contribution < -0.4 is 11.1 Å². The Morgan fingerprint density at radius 1 is 1.21 bits per heavy atom. The van der Waals surface area contributed by atoms with E-state index in [0.717, 1.165) is 0 Å². The minimum Gasteiger partial charge on any atom is -0.481 e. The molecule has 0 aliphatic carbocycles. The number of carboxylic acids is 2. The van der Waals surface area contributed by atoms with E-state index in [1.807, 2.05) is 0 Å². The van der Waals surface area contributed by atoms with E-state index < -0.39 is 23.9 Å². The number of nitrogens with two attached hydrogens (primary N) is 1. The standard InChI is InChI=1S/C12H14N2O5/c13-8-4-2-1-3-7(8)11(17)14-9(12(18)19)5-6-10(15)16/h1-4,9H,5-6,13H2,(H,14,17)(H,15,16)(H,18,19)/t9-/m0/s1. The van der Waals surface area contributed by atoms with Gasteiger partial charge in [0, 0.05) is 12.1 Å². The predicted octanol–water partition coefficient (Wildman–Crippen LogP) is 0.317. The molecule has 7 heteroatoms. The SMILES string of the molecule is Nc1ccccc1C(=O)N[C@@H](CCC(=O)O)C(=O)O. The Morgan fingerprint density at radius 2 is 1.84 bits per heavy atom. The van der Waals surface area contributed by atoms with Crippen LogP contribution in [0.1, 0.15) is 23.2 Å². The van der Waals surface area contributed by atoms with Gasteiger partial charge in [0.15, 0.2) is 0 Å². The molecule has 0 saturated carbocycles. The van der Waals surface area contributed by atoms with Crippen LogP contribution in [0.5, 0.6) is 0 Å². The molecular formula is C12H14N2O5. The summed E-state index contributed by atoms with van der Waals surface area (Å²) >= 11 is 0. The van der Waals surface area contributed by atoms with Gasteiger partial charge < -0.3 is 21.3 Å². The van der Waals surface area contributed by atoms with Crippen LogP contribution in [0.25, 0.3) is 0 Å². The molecule has 1 amide bonds. The lowest BCUT2D eigenvalue weighted by Crippen LogP contribution is -2.41. The maximum Gasteiger partial charge on any atom is 0.326 e. The number of carbonyl (C=O) groups is 3. The molecule has 0 unspecified atom stereocenters. The van der Waals surface area contributed by atoms with Crippen molar-refractivity contribution in [1.82, 2.24) is 5.32 Å². The van der Waals surface area contributed by atoms with Gasteiger partial charge in [-0.1, -0.05) is 12.1 Å². The summed E-state index contributed by atoms with van der Waals surface area (Å²) < 4.78 is 0. The van der Waals surface area contributed by atoms with E-state index in [9.17, 15) is 14.4 Å². The van der Waals surface area contributed by atoms with Crippen LogP contribution in [-0.2, 0) is 9.59 Å². The summed E-state index contributed by atoms with van der Waals surface area (Å²) in [5.41, 5.74) is 5.97. The van der Waals surface area contributed by atoms with E-state index >= 15 is 0 Å². The Morgan fingerprint density at radius 3 is 2.37 bits per heavy atom. The van der Waals surface area contributed by atoms with E-state index in [2.05, 4.69) is 5.32 Å². The van der Waals surface area contributed by atoms with Gasteiger partial charge in [-0.3, -0.25) is 9.59 Å². The molecule has 0 aliphatic rings. The molecule has 0 saturated heterocycles. The Labute approximate surface area is 109 Å². The molecular weight excluding hydrogens is 252 g/mol. The number of hydrogen-bond donors (Lipinski definition) is 4. The Hall–Kier alpha value is -2.57. The first kappa shape index (κ1) is 14.5. The van der Waals surface area contributed by atoms with Crippen molar-refractivity contribution in [2.75, 3.05) is 5.73 Å². The molecule has 0 heterocycles. The number of anilines is 1. The van der Waals surface area contributed by atoms with Gasteiger partial charge >= 0.3 is 11.9 Å². The van der Waals surface area contributed by atoms with Gasteiger partial charge in [-0.2, -0.15) is 0 Å². The Bertz CT molecular complexity index is 501. The molecule has 7 nitrogen and oxygen atoms in total. The second-order valence-corrected chi connectivity index (χ2v) is 3.88. The van der Waals surface area contributed by atoms with Crippen LogP contribution in [0.2, 0.25) is 0 Å². The van der Waals surface area contributed by atoms with Gasteiger partial charge in [-0.05, 0) is 18.6 Å². The van der Waals surface area contributed by atoms with Crippen molar-refractivity contribution in [3.05, 3.63) is 29.8 Å². The van der Waals surface area contributed by atoms with Crippen molar-refractivity contribution in [1.29, 1.82) is 0 Å². The number of hydrogen-bond acceptors (Lipinski definition) is 4. The number of nitrogen functional groups attached to an aromatic ring is 1. The highest BCUT2D eigenvalue weighted by Crippen LogP contribution is 2.11. The maximum absolute atomic E-state index is 11.8. The average Bonchev–Trinajstić information content (AvgIpc) is 2.34. The highest BCUT2D eigenvalue weighted by molar-refractivity contribution is 6.00. The van der Waals surface area contributed by atoms with E-state index in [4.69, 9.17) is 15.9 Å². The first-order valence-electron chi connectivity index (χ1n) is 5.51. The lowest BCUT2D eigenvalue weighted by atomic mass is 10.1. The summed E-state index contributed by atoms with van der Waals surface area (Å²) in [6.45, 7) is 0. The fraction of sp³-hybridized carbons (Fsp3) is 0.250. The van der Waals surface area contributed by atoms with Gasteiger partial charge in [0.05, 0.1) is 5.56 Å². The molecule has 0 aromatic heterocycles. The smallest absolute Gasteiger partial charge is 0.326 e. The Kier molecular flexibility index (Phi) is 4.87. The van der Waals surface area contributed by atoms with E-state index in [1.165, 1.54) is 12.1 Å². The summed E-state index contributed by atoms with van der Waals surface area (Å²) in [6.07, 6.45) is -0.537. The van der Waals surface area contributed by atoms with Gasteiger partial charge in [0.2, 0.25) is 0 Å². The van der Waals surface area contributed by atoms with Crippen LogP contribution in [0, 0.1) is 0 Å². The minimum absolute atomic E-state index is 0.157. The fourth-order valence-corrected chi connectivity index (χ4v) is 1.46. The molecule has 0 bridgehead atoms. The van der Waals surface area contributed by atoms with Crippen LogP contribution in [-0.4, -0.2) is 34.1 Å². The zero-order valence-electron chi connectivity index (χ0n) is 10.00. The van der Waals surface area contributed by atoms with Crippen molar-refractivity contribution in [2.24, 2.45) is 0 Å². The number of amides is 1. The maximum atomic E-state index is 11.8. The van der Waals surface area contributed by atoms with Crippen molar-refractivity contribution in [2.45, 2.75) is 18.9 Å². The monoisotopic (exact) mass is 266 g/mol. The number of carboxylic acid groups (broad SMARTS) is 2. The molecule has 19 heavy (non-hydrogen) atoms. The Balaban J connectivity index is 2.74. The lowest BCUT2D eigenvalue weighted by Gasteiger charge is -2.14. The molecule has 1 aromatic rings. The molecule has 0 aliphatic heterocycles. The molecule has 0 radical (unpaired) electrons. The minimum atomic E-state index is -1.29. The topological polar surface area (TPSA) is 130 Å². The van der Waals surface area contributed by atoms with Crippen molar-refractivity contribution < 1.29 is 24.6 Å². The zero-order chi connectivity index (χ0) is 14.4. The van der Waals surface area contributed by atoms with Crippen LogP contribution >= 0.6 is 0 Å². The first-order chi connectivity index (χ1) is 8.91. The van der Waals surface area contributed by atoms with E-state index in [-0.39, 0.29) is 24.1 Å². The van der Waals surface area contributed by atoms with Crippen molar-refractivity contribution in [3.63, 3.8) is 0 Å². The average molecular weight is 266 g/mol. The molecule has 0 fully saturated rings. The molecule has 1 aromatic carbocycles. The highest BCUT2D eigenvalue weighted by atomic mass is 16.4. The van der Waals surface area contributed by atoms with Crippen molar-refractivity contribution >= 4 is 23.5 Å². The molecule has 1 rings (SSSR count). The fourth-order valence-electron chi connectivity index (χ4n) is 1.46. The number of carbonyl (C=O) groups excluding carboxylic acids is 1.